The number of anilines is 2. The van der Waals surface area contributed by atoms with Crippen LogP contribution in [0, 0.1) is 0 Å². The molecule has 19 heavy (non-hydrogen) atoms. The second-order valence-corrected chi connectivity index (χ2v) is 7.25. The van der Waals surface area contributed by atoms with Crippen LogP contribution in [0.2, 0.25) is 0 Å². The van der Waals surface area contributed by atoms with E-state index in [-0.39, 0.29) is 4.90 Å². The zero-order valence-corrected chi connectivity index (χ0v) is 13.6. The molecule has 0 radical (unpaired) electrons. The highest BCUT2D eigenvalue weighted by molar-refractivity contribution is 9.10. The maximum absolute atomic E-state index is 12.1. The number of nitrogen functional groups attached to an aromatic ring is 1. The summed E-state index contributed by atoms with van der Waals surface area (Å²) < 4.78 is 28.2. The molecule has 0 aromatic heterocycles. The second-order valence-electron chi connectivity index (χ2n) is 3.80. The molecule has 0 fully saturated rings. The van der Waals surface area contributed by atoms with Gasteiger partial charge >= 0.3 is 0 Å². The third kappa shape index (κ3) is 3.49. The lowest BCUT2D eigenvalue weighted by molar-refractivity contribution is 0.601. The van der Waals surface area contributed by atoms with Crippen LogP contribution in [-0.2, 0) is 10.0 Å². The van der Waals surface area contributed by atoms with E-state index in [4.69, 9.17) is 5.73 Å². The minimum absolute atomic E-state index is 0.198. The van der Waals surface area contributed by atoms with Gasteiger partial charge in [0, 0.05) is 14.6 Å². The minimum atomic E-state index is -3.59. The van der Waals surface area contributed by atoms with Crippen molar-refractivity contribution in [1.82, 2.24) is 0 Å². The molecule has 7 heteroatoms. The molecule has 2 aromatic carbocycles. The summed E-state index contributed by atoms with van der Waals surface area (Å²) in [5.41, 5.74) is 6.65. The number of hydrogen-bond donors (Lipinski definition) is 2. The van der Waals surface area contributed by atoms with Crippen molar-refractivity contribution >= 4 is 53.3 Å². The van der Waals surface area contributed by atoms with Gasteiger partial charge in [-0.3, -0.25) is 4.72 Å². The molecule has 2 aromatic rings. The van der Waals surface area contributed by atoms with E-state index in [1.54, 1.807) is 30.3 Å². The van der Waals surface area contributed by atoms with Crippen LogP contribution in [0.25, 0.3) is 0 Å². The largest absolute Gasteiger partial charge is 0.398 e. The van der Waals surface area contributed by atoms with Crippen molar-refractivity contribution in [1.29, 1.82) is 0 Å². The summed E-state index contributed by atoms with van der Waals surface area (Å²) in [5.74, 6) is 0. The smallest absolute Gasteiger partial charge is 0.261 e. The van der Waals surface area contributed by atoms with Gasteiger partial charge < -0.3 is 5.73 Å². The van der Waals surface area contributed by atoms with E-state index in [9.17, 15) is 8.42 Å². The summed E-state index contributed by atoms with van der Waals surface area (Å²) in [7, 11) is -3.59. The third-order valence-corrected chi connectivity index (χ3v) is 4.99. The molecule has 2 rings (SSSR count). The predicted molar refractivity (Wildman–Crippen MR) is 83.5 cm³/mol. The Kier molecular flexibility index (Phi) is 4.17. The molecule has 100 valence electrons. The molecule has 3 N–H and O–H groups in total. The van der Waals surface area contributed by atoms with Crippen LogP contribution >= 0.6 is 31.9 Å². The topological polar surface area (TPSA) is 72.2 Å². The van der Waals surface area contributed by atoms with E-state index < -0.39 is 10.0 Å². The van der Waals surface area contributed by atoms with Gasteiger partial charge in [-0.25, -0.2) is 8.42 Å². The van der Waals surface area contributed by atoms with Crippen LogP contribution in [-0.4, -0.2) is 8.42 Å². The Morgan fingerprint density at radius 2 is 1.63 bits per heavy atom. The molecule has 0 amide bonds. The molecule has 0 saturated carbocycles. The summed E-state index contributed by atoms with van der Waals surface area (Å²) >= 11 is 6.51. The summed E-state index contributed by atoms with van der Waals surface area (Å²) in [5, 5.41) is 0. The standard InChI is InChI=1S/C12H10Br2N2O2S/c13-8-1-4-10(5-2-8)19(17,18)16-9-3-6-12(15)11(14)7-9/h1-7,16H,15H2. The van der Waals surface area contributed by atoms with Crippen LogP contribution in [0.4, 0.5) is 11.4 Å². The maximum Gasteiger partial charge on any atom is 0.261 e. The van der Waals surface area contributed by atoms with Crippen LogP contribution in [0.1, 0.15) is 0 Å². The van der Waals surface area contributed by atoms with Crippen LogP contribution in [0.3, 0.4) is 0 Å². The fourth-order valence-electron chi connectivity index (χ4n) is 1.42. The van der Waals surface area contributed by atoms with Crippen LogP contribution in [0.5, 0.6) is 0 Å². The lowest BCUT2D eigenvalue weighted by atomic mass is 10.3. The molecule has 0 saturated heterocycles. The Hall–Kier alpha value is -1.05. The Bertz CT molecular complexity index is 700. The third-order valence-electron chi connectivity index (χ3n) is 2.38. The SMILES string of the molecule is Nc1ccc(NS(=O)(=O)c2ccc(Br)cc2)cc1Br. The quantitative estimate of drug-likeness (QED) is 0.766. The molecule has 0 aliphatic heterocycles. The fraction of sp³-hybridized carbons (Fsp3) is 0. The van der Waals surface area contributed by atoms with E-state index in [2.05, 4.69) is 36.6 Å². The highest BCUT2D eigenvalue weighted by Crippen LogP contribution is 2.25. The Morgan fingerprint density at radius 3 is 2.21 bits per heavy atom. The van der Waals surface area contributed by atoms with Gasteiger partial charge in [0.15, 0.2) is 0 Å². The molecular formula is C12H10Br2N2O2S. The Labute approximate surface area is 128 Å². The highest BCUT2D eigenvalue weighted by Gasteiger charge is 2.14. The van der Waals surface area contributed by atoms with Crippen molar-refractivity contribution in [2.45, 2.75) is 4.90 Å². The first-order valence-corrected chi connectivity index (χ1v) is 8.29. The van der Waals surface area contributed by atoms with E-state index in [0.717, 1.165) is 4.47 Å². The molecule has 0 unspecified atom stereocenters. The maximum atomic E-state index is 12.1. The summed E-state index contributed by atoms with van der Waals surface area (Å²) in [6.45, 7) is 0. The molecule has 0 aliphatic carbocycles. The molecule has 0 atom stereocenters. The van der Waals surface area contributed by atoms with Crippen molar-refractivity contribution in [3.63, 3.8) is 0 Å². The number of sulfonamides is 1. The van der Waals surface area contributed by atoms with Gasteiger partial charge in [-0.2, -0.15) is 0 Å². The van der Waals surface area contributed by atoms with Gasteiger partial charge in [-0.1, -0.05) is 15.9 Å². The first-order valence-electron chi connectivity index (χ1n) is 5.22. The number of nitrogens with one attached hydrogen (secondary N) is 1. The number of nitrogens with two attached hydrogens (primary N) is 1. The highest BCUT2D eigenvalue weighted by atomic mass is 79.9. The van der Waals surface area contributed by atoms with E-state index in [1.807, 2.05) is 0 Å². The van der Waals surface area contributed by atoms with Gasteiger partial charge in [0.25, 0.3) is 10.0 Å². The van der Waals surface area contributed by atoms with Gasteiger partial charge in [0.05, 0.1) is 10.6 Å². The zero-order valence-electron chi connectivity index (χ0n) is 9.60. The number of hydrogen-bond acceptors (Lipinski definition) is 3. The number of rotatable bonds is 3. The van der Waals surface area contributed by atoms with Gasteiger partial charge in [-0.05, 0) is 58.4 Å². The lowest BCUT2D eigenvalue weighted by Crippen LogP contribution is -2.12. The first-order chi connectivity index (χ1) is 8.88. The van der Waals surface area contributed by atoms with Crippen LogP contribution < -0.4 is 10.5 Å². The molecule has 0 heterocycles. The molecule has 0 aliphatic rings. The second kappa shape index (κ2) is 5.52. The summed E-state index contributed by atoms with van der Waals surface area (Å²) in [6, 6.07) is 11.3. The average Bonchev–Trinajstić information content (AvgIpc) is 2.34. The average molecular weight is 406 g/mol. The first kappa shape index (κ1) is 14.4. The summed E-state index contributed by atoms with van der Waals surface area (Å²) in [6.07, 6.45) is 0. The van der Waals surface area contributed by atoms with Crippen LogP contribution in [0.15, 0.2) is 56.3 Å². The van der Waals surface area contributed by atoms with Gasteiger partial charge in [-0.15, -0.1) is 0 Å². The van der Waals surface area contributed by atoms with Crippen molar-refractivity contribution in [2.75, 3.05) is 10.5 Å². The van der Waals surface area contributed by atoms with E-state index in [0.29, 0.717) is 15.8 Å². The predicted octanol–water partition coefficient (Wildman–Crippen LogP) is 3.59. The van der Waals surface area contributed by atoms with Crippen molar-refractivity contribution < 1.29 is 8.42 Å². The number of halogens is 2. The van der Waals surface area contributed by atoms with Gasteiger partial charge in [0.2, 0.25) is 0 Å². The summed E-state index contributed by atoms with van der Waals surface area (Å²) in [4.78, 5) is 0.198. The minimum Gasteiger partial charge on any atom is -0.398 e. The van der Waals surface area contributed by atoms with E-state index in [1.165, 1.54) is 12.1 Å². The molecule has 4 nitrogen and oxygen atoms in total. The normalized spacial score (nSPS) is 11.3. The molecule has 0 spiro atoms. The monoisotopic (exact) mass is 404 g/mol. The number of benzene rings is 2. The fourth-order valence-corrected chi connectivity index (χ4v) is 3.11. The Morgan fingerprint density at radius 1 is 1.00 bits per heavy atom. The lowest BCUT2D eigenvalue weighted by Gasteiger charge is -2.09. The molecular weight excluding hydrogens is 396 g/mol. The Balaban J connectivity index is 2.30. The van der Waals surface area contributed by atoms with Crippen molar-refractivity contribution in [3.05, 3.63) is 51.4 Å². The molecule has 0 bridgehead atoms. The van der Waals surface area contributed by atoms with Crippen molar-refractivity contribution in [3.8, 4) is 0 Å². The van der Waals surface area contributed by atoms with Crippen molar-refractivity contribution in [2.24, 2.45) is 0 Å². The van der Waals surface area contributed by atoms with Gasteiger partial charge in [0.1, 0.15) is 0 Å². The van der Waals surface area contributed by atoms with E-state index >= 15 is 0 Å². The zero-order chi connectivity index (χ0) is 14.0.